The predicted octanol–water partition coefficient (Wildman–Crippen LogP) is 2.68. The molecule has 0 heterocycles. The lowest BCUT2D eigenvalue weighted by Gasteiger charge is -2.19. The number of benzene rings is 1. The molecule has 2 nitrogen and oxygen atoms in total. The van der Waals surface area contributed by atoms with Gasteiger partial charge in [-0.15, -0.1) is 0 Å². The first kappa shape index (κ1) is 14.8. The van der Waals surface area contributed by atoms with Gasteiger partial charge in [0, 0.05) is 12.7 Å². The number of ether oxygens (including phenoxy) is 1. The average molecular weight is 269 g/mol. The Labute approximate surface area is 101 Å². The van der Waals surface area contributed by atoms with Crippen LogP contribution in [0.4, 0.5) is 22.0 Å². The summed E-state index contributed by atoms with van der Waals surface area (Å²) >= 11 is 0. The molecule has 0 saturated heterocycles. The lowest BCUT2D eigenvalue weighted by Crippen LogP contribution is -2.28. The zero-order chi connectivity index (χ0) is 13.9. The highest BCUT2D eigenvalue weighted by atomic mass is 19.2. The zero-order valence-corrected chi connectivity index (χ0v) is 9.79. The van der Waals surface area contributed by atoms with Crippen molar-refractivity contribution in [1.29, 1.82) is 0 Å². The van der Waals surface area contributed by atoms with E-state index in [4.69, 9.17) is 4.74 Å². The second-order valence-electron chi connectivity index (χ2n) is 3.55. The topological polar surface area (TPSA) is 21.3 Å². The Morgan fingerprint density at radius 1 is 0.944 bits per heavy atom. The Morgan fingerprint density at radius 3 is 1.78 bits per heavy atom. The minimum atomic E-state index is -2.17. The van der Waals surface area contributed by atoms with Gasteiger partial charge in [-0.05, 0) is 6.54 Å². The van der Waals surface area contributed by atoms with E-state index in [-0.39, 0.29) is 13.2 Å². The summed E-state index contributed by atoms with van der Waals surface area (Å²) in [5.74, 6) is -9.75. The van der Waals surface area contributed by atoms with Crippen LogP contribution in [0.2, 0.25) is 0 Å². The van der Waals surface area contributed by atoms with Gasteiger partial charge in [0.2, 0.25) is 5.82 Å². The molecular weight excluding hydrogens is 257 g/mol. The molecule has 1 atom stereocenters. The first-order valence-electron chi connectivity index (χ1n) is 5.19. The predicted molar refractivity (Wildman–Crippen MR) is 54.5 cm³/mol. The van der Waals surface area contributed by atoms with Crippen LogP contribution in [0.15, 0.2) is 0 Å². The fourth-order valence-electron chi connectivity index (χ4n) is 1.59. The maximum atomic E-state index is 13.5. The fraction of sp³-hybridized carbons (Fsp3) is 0.455. The largest absolute Gasteiger partial charge is 0.383 e. The number of hydrogen-bond acceptors (Lipinski definition) is 2. The molecule has 1 aromatic carbocycles. The number of hydrogen-bond donors (Lipinski definition) is 1. The van der Waals surface area contributed by atoms with Gasteiger partial charge in [0.15, 0.2) is 23.3 Å². The van der Waals surface area contributed by atoms with E-state index in [1.165, 1.54) is 7.11 Å². The molecule has 0 aliphatic heterocycles. The van der Waals surface area contributed by atoms with Gasteiger partial charge >= 0.3 is 0 Å². The molecule has 1 rings (SSSR count). The molecule has 7 heteroatoms. The van der Waals surface area contributed by atoms with Gasteiger partial charge < -0.3 is 10.1 Å². The molecule has 0 saturated carbocycles. The summed E-state index contributed by atoms with van der Waals surface area (Å²) in [5.41, 5.74) is -0.907. The van der Waals surface area contributed by atoms with Crippen molar-refractivity contribution < 1.29 is 26.7 Å². The van der Waals surface area contributed by atoms with E-state index >= 15 is 0 Å². The van der Waals surface area contributed by atoms with Gasteiger partial charge in [0.1, 0.15) is 0 Å². The third-order valence-corrected chi connectivity index (χ3v) is 2.38. The smallest absolute Gasteiger partial charge is 0.200 e. The summed E-state index contributed by atoms with van der Waals surface area (Å²) in [7, 11) is 1.26. The number of halogens is 5. The third-order valence-electron chi connectivity index (χ3n) is 2.38. The molecule has 0 aromatic heterocycles. The Morgan fingerprint density at radius 2 is 1.39 bits per heavy atom. The van der Waals surface area contributed by atoms with Crippen molar-refractivity contribution in [3.8, 4) is 0 Å². The standard InChI is InChI=1S/C11H12F5NO/c1-3-17-5(4-18-2)6-7(12)9(14)11(16)10(15)8(6)13/h5,17H,3-4H2,1-2H3. The van der Waals surface area contributed by atoms with Gasteiger partial charge in [-0.1, -0.05) is 6.92 Å². The minimum Gasteiger partial charge on any atom is -0.383 e. The van der Waals surface area contributed by atoms with E-state index in [0.717, 1.165) is 0 Å². The molecule has 1 aromatic rings. The summed E-state index contributed by atoms with van der Waals surface area (Å²) in [6.07, 6.45) is 0. The van der Waals surface area contributed by atoms with Crippen LogP contribution in [0.1, 0.15) is 18.5 Å². The summed E-state index contributed by atoms with van der Waals surface area (Å²) < 4.78 is 70.5. The molecule has 0 fully saturated rings. The van der Waals surface area contributed by atoms with Crippen LogP contribution < -0.4 is 5.32 Å². The first-order chi connectivity index (χ1) is 8.45. The average Bonchev–Trinajstić information content (AvgIpc) is 2.35. The Bertz CT molecular complexity index is 403. The van der Waals surface area contributed by atoms with Gasteiger partial charge in [-0.25, -0.2) is 22.0 Å². The van der Waals surface area contributed by atoms with Crippen molar-refractivity contribution in [3.63, 3.8) is 0 Å². The molecule has 102 valence electrons. The van der Waals surface area contributed by atoms with Crippen LogP contribution in [0.25, 0.3) is 0 Å². The molecule has 0 aliphatic carbocycles. The molecule has 18 heavy (non-hydrogen) atoms. The number of methoxy groups -OCH3 is 1. The van der Waals surface area contributed by atoms with Crippen LogP contribution >= 0.6 is 0 Å². The van der Waals surface area contributed by atoms with Gasteiger partial charge in [-0.3, -0.25) is 0 Å². The molecular formula is C11H12F5NO. The highest BCUT2D eigenvalue weighted by Crippen LogP contribution is 2.27. The quantitative estimate of drug-likeness (QED) is 0.504. The summed E-state index contributed by atoms with van der Waals surface area (Å²) in [6, 6.07) is -1.11. The second-order valence-corrected chi connectivity index (χ2v) is 3.55. The van der Waals surface area contributed by atoms with Crippen LogP contribution in [0.3, 0.4) is 0 Å². The van der Waals surface area contributed by atoms with E-state index in [2.05, 4.69) is 5.32 Å². The van der Waals surface area contributed by atoms with E-state index in [1.807, 2.05) is 0 Å². The normalized spacial score (nSPS) is 12.8. The van der Waals surface area contributed by atoms with Crippen molar-refractivity contribution in [2.75, 3.05) is 20.3 Å². The fourth-order valence-corrected chi connectivity index (χ4v) is 1.59. The molecule has 1 N–H and O–H groups in total. The zero-order valence-electron chi connectivity index (χ0n) is 9.79. The lowest BCUT2D eigenvalue weighted by molar-refractivity contribution is 0.163. The number of likely N-dealkylation sites (N-methyl/N-ethyl adjacent to an activating group) is 1. The molecule has 0 spiro atoms. The van der Waals surface area contributed by atoms with Crippen molar-refractivity contribution in [2.45, 2.75) is 13.0 Å². The maximum absolute atomic E-state index is 13.5. The molecule has 0 radical (unpaired) electrons. The number of nitrogens with one attached hydrogen (secondary N) is 1. The molecule has 0 bridgehead atoms. The Kier molecular flexibility index (Phi) is 5.03. The highest BCUT2D eigenvalue weighted by Gasteiger charge is 2.29. The van der Waals surface area contributed by atoms with Crippen LogP contribution in [0, 0.1) is 29.1 Å². The third kappa shape index (κ3) is 2.62. The molecule has 1 unspecified atom stereocenters. The van der Waals surface area contributed by atoms with E-state index in [9.17, 15) is 22.0 Å². The van der Waals surface area contributed by atoms with Crippen LogP contribution in [-0.4, -0.2) is 20.3 Å². The SMILES string of the molecule is CCNC(COC)c1c(F)c(F)c(F)c(F)c1F. The van der Waals surface area contributed by atoms with Crippen molar-refractivity contribution in [1.82, 2.24) is 5.32 Å². The molecule has 0 amide bonds. The van der Waals surface area contributed by atoms with Crippen molar-refractivity contribution in [3.05, 3.63) is 34.6 Å². The first-order valence-corrected chi connectivity index (χ1v) is 5.19. The van der Waals surface area contributed by atoms with Gasteiger partial charge in [0.05, 0.1) is 12.6 Å². The second kappa shape index (κ2) is 6.10. The van der Waals surface area contributed by atoms with Crippen molar-refractivity contribution >= 4 is 0 Å². The van der Waals surface area contributed by atoms with Crippen LogP contribution in [0.5, 0.6) is 0 Å². The Balaban J connectivity index is 3.37. The summed E-state index contributed by atoms with van der Waals surface area (Å²) in [5, 5.41) is 2.59. The summed E-state index contributed by atoms with van der Waals surface area (Å²) in [6.45, 7) is 1.70. The van der Waals surface area contributed by atoms with Crippen LogP contribution in [-0.2, 0) is 4.74 Å². The van der Waals surface area contributed by atoms with Crippen molar-refractivity contribution in [2.24, 2.45) is 0 Å². The highest BCUT2D eigenvalue weighted by molar-refractivity contribution is 5.27. The number of rotatable bonds is 5. The summed E-state index contributed by atoms with van der Waals surface area (Å²) in [4.78, 5) is 0. The van der Waals surface area contributed by atoms with E-state index < -0.39 is 40.7 Å². The van der Waals surface area contributed by atoms with Gasteiger partial charge in [0.25, 0.3) is 0 Å². The van der Waals surface area contributed by atoms with E-state index in [1.54, 1.807) is 6.92 Å². The lowest BCUT2D eigenvalue weighted by atomic mass is 10.0. The monoisotopic (exact) mass is 269 g/mol. The van der Waals surface area contributed by atoms with E-state index in [0.29, 0.717) is 0 Å². The molecule has 0 aliphatic rings. The minimum absolute atomic E-state index is 0.216. The Hall–Kier alpha value is -1.21. The van der Waals surface area contributed by atoms with Gasteiger partial charge in [-0.2, -0.15) is 0 Å². The maximum Gasteiger partial charge on any atom is 0.200 e.